The Kier molecular flexibility index (Phi) is 6.03. The number of likely N-dealkylation sites (tertiary alicyclic amines) is 1. The number of hydrogen-bond donors (Lipinski definition) is 2. The predicted molar refractivity (Wildman–Crippen MR) is 81.0 cm³/mol. The number of rotatable bonds is 5. The van der Waals surface area contributed by atoms with Gasteiger partial charge in [0.15, 0.2) is 0 Å². The zero-order valence-corrected chi connectivity index (χ0v) is 13.0. The molecule has 5 nitrogen and oxygen atoms in total. The molecule has 0 aromatic rings. The van der Waals surface area contributed by atoms with Crippen LogP contribution in [0.25, 0.3) is 0 Å². The number of carbonyl (C=O) groups is 2. The molecule has 0 aromatic heterocycles. The Morgan fingerprint density at radius 2 is 2.10 bits per heavy atom. The molecule has 2 rings (SSSR count). The molecular formula is C16H28N2O3. The van der Waals surface area contributed by atoms with Crippen LogP contribution in [0.3, 0.4) is 0 Å². The van der Waals surface area contributed by atoms with Crippen LogP contribution in [0.5, 0.6) is 0 Å². The fraction of sp³-hybridized carbons (Fsp3) is 0.875. The zero-order valence-electron chi connectivity index (χ0n) is 13.0. The molecule has 2 fully saturated rings. The van der Waals surface area contributed by atoms with Crippen LogP contribution in [0.15, 0.2) is 0 Å². The third-order valence-electron chi connectivity index (χ3n) is 4.98. The van der Waals surface area contributed by atoms with Crippen LogP contribution in [0.2, 0.25) is 0 Å². The number of amides is 1. The average Bonchev–Trinajstić information content (AvgIpc) is 2.52. The van der Waals surface area contributed by atoms with Gasteiger partial charge in [-0.1, -0.05) is 13.3 Å². The molecule has 21 heavy (non-hydrogen) atoms. The van der Waals surface area contributed by atoms with Crippen molar-refractivity contribution in [2.45, 2.75) is 57.9 Å². The number of carboxylic acid groups (broad SMARTS) is 1. The smallest absolute Gasteiger partial charge is 0.303 e. The van der Waals surface area contributed by atoms with Crippen LogP contribution >= 0.6 is 0 Å². The summed E-state index contributed by atoms with van der Waals surface area (Å²) in [5.74, 6) is 0.503. The number of carbonyl (C=O) groups excluding carboxylic acids is 1. The maximum absolute atomic E-state index is 12.6. The van der Waals surface area contributed by atoms with Crippen LogP contribution in [-0.2, 0) is 9.59 Å². The molecule has 3 atom stereocenters. The van der Waals surface area contributed by atoms with Gasteiger partial charge < -0.3 is 15.3 Å². The normalized spacial score (nSPS) is 30.1. The molecule has 3 unspecified atom stereocenters. The van der Waals surface area contributed by atoms with E-state index in [4.69, 9.17) is 5.11 Å². The monoisotopic (exact) mass is 296 g/mol. The van der Waals surface area contributed by atoms with Crippen LogP contribution in [0.4, 0.5) is 0 Å². The summed E-state index contributed by atoms with van der Waals surface area (Å²) in [4.78, 5) is 25.3. The van der Waals surface area contributed by atoms with E-state index in [0.29, 0.717) is 18.3 Å². The Morgan fingerprint density at radius 1 is 1.29 bits per heavy atom. The first-order valence-corrected chi connectivity index (χ1v) is 8.34. The first-order chi connectivity index (χ1) is 10.1. The van der Waals surface area contributed by atoms with Gasteiger partial charge >= 0.3 is 5.97 Å². The minimum absolute atomic E-state index is 0.0260. The van der Waals surface area contributed by atoms with Crippen molar-refractivity contribution < 1.29 is 14.7 Å². The van der Waals surface area contributed by atoms with E-state index in [9.17, 15) is 9.59 Å². The van der Waals surface area contributed by atoms with Crippen LogP contribution in [-0.4, -0.2) is 47.6 Å². The van der Waals surface area contributed by atoms with Gasteiger partial charge in [-0.25, -0.2) is 0 Å². The second-order valence-electron chi connectivity index (χ2n) is 6.53. The van der Waals surface area contributed by atoms with Gasteiger partial charge in [0.1, 0.15) is 0 Å². The molecule has 5 heteroatoms. The van der Waals surface area contributed by atoms with E-state index < -0.39 is 5.97 Å². The second-order valence-corrected chi connectivity index (χ2v) is 6.53. The maximum atomic E-state index is 12.6. The molecule has 0 spiro atoms. The highest BCUT2D eigenvalue weighted by Crippen LogP contribution is 2.24. The third-order valence-corrected chi connectivity index (χ3v) is 4.98. The molecule has 2 heterocycles. The molecule has 0 aliphatic carbocycles. The number of nitrogens with zero attached hydrogens (tertiary/aromatic N) is 1. The first-order valence-electron chi connectivity index (χ1n) is 8.34. The Labute approximate surface area is 127 Å². The fourth-order valence-electron chi connectivity index (χ4n) is 3.60. The Bertz CT molecular complexity index is 373. The average molecular weight is 296 g/mol. The molecule has 1 amide bonds. The van der Waals surface area contributed by atoms with Crippen molar-refractivity contribution in [3.63, 3.8) is 0 Å². The van der Waals surface area contributed by atoms with E-state index in [1.54, 1.807) is 0 Å². The van der Waals surface area contributed by atoms with Crippen molar-refractivity contribution in [2.75, 3.05) is 19.6 Å². The zero-order chi connectivity index (χ0) is 15.2. The number of hydrogen-bond acceptors (Lipinski definition) is 3. The van der Waals surface area contributed by atoms with E-state index in [2.05, 4.69) is 12.2 Å². The van der Waals surface area contributed by atoms with E-state index in [-0.39, 0.29) is 18.4 Å². The molecule has 2 N–H and O–H groups in total. The lowest BCUT2D eigenvalue weighted by molar-refractivity contribution is -0.137. The van der Waals surface area contributed by atoms with E-state index >= 15 is 0 Å². The van der Waals surface area contributed by atoms with Gasteiger partial charge in [-0.3, -0.25) is 9.59 Å². The Morgan fingerprint density at radius 3 is 2.81 bits per heavy atom. The van der Waals surface area contributed by atoms with Gasteiger partial charge in [0, 0.05) is 19.5 Å². The van der Waals surface area contributed by atoms with Gasteiger partial charge in [0.25, 0.3) is 0 Å². The van der Waals surface area contributed by atoms with Crippen LogP contribution < -0.4 is 5.32 Å². The molecule has 2 aliphatic heterocycles. The fourth-order valence-corrected chi connectivity index (χ4v) is 3.60. The van der Waals surface area contributed by atoms with Crippen LogP contribution in [0, 0.1) is 11.8 Å². The van der Waals surface area contributed by atoms with E-state index in [1.165, 1.54) is 6.42 Å². The lowest BCUT2D eigenvalue weighted by atomic mass is 9.88. The van der Waals surface area contributed by atoms with Gasteiger partial charge in [-0.05, 0) is 50.5 Å². The van der Waals surface area contributed by atoms with Gasteiger partial charge in [0.05, 0.1) is 6.04 Å². The van der Waals surface area contributed by atoms with Crippen molar-refractivity contribution in [2.24, 2.45) is 11.8 Å². The molecular weight excluding hydrogens is 268 g/mol. The molecule has 0 radical (unpaired) electrons. The highest BCUT2D eigenvalue weighted by atomic mass is 16.4. The summed E-state index contributed by atoms with van der Waals surface area (Å²) in [6, 6.07) is -0.0260. The number of carboxylic acids is 1. The highest BCUT2D eigenvalue weighted by Gasteiger charge is 2.31. The maximum Gasteiger partial charge on any atom is 0.303 e. The van der Waals surface area contributed by atoms with Crippen LogP contribution in [0.1, 0.15) is 51.9 Å². The quantitative estimate of drug-likeness (QED) is 0.812. The first kappa shape index (κ1) is 16.3. The minimum atomic E-state index is -0.738. The highest BCUT2D eigenvalue weighted by molar-refractivity contribution is 5.82. The lowest BCUT2D eigenvalue weighted by Gasteiger charge is -2.37. The molecule has 2 saturated heterocycles. The lowest BCUT2D eigenvalue weighted by Crippen LogP contribution is -2.52. The predicted octanol–water partition coefficient (Wildman–Crippen LogP) is 1.87. The number of aliphatic carboxylic acids is 1. The number of piperidine rings is 2. The molecule has 0 aromatic carbocycles. The molecule has 120 valence electrons. The Hall–Kier alpha value is -1.10. The van der Waals surface area contributed by atoms with Gasteiger partial charge in [-0.15, -0.1) is 0 Å². The van der Waals surface area contributed by atoms with Crippen molar-refractivity contribution in [1.29, 1.82) is 0 Å². The van der Waals surface area contributed by atoms with Crippen molar-refractivity contribution in [3.05, 3.63) is 0 Å². The summed E-state index contributed by atoms with van der Waals surface area (Å²) in [7, 11) is 0. The number of nitrogens with one attached hydrogen (secondary N) is 1. The standard InChI is InChI=1S/C16H28N2O3/c1-2-12-7-8-17-14(10-12)16(21)18-9-3-4-13(11-18)5-6-15(19)20/h12-14,17H,2-11H2,1H3,(H,19,20). The summed E-state index contributed by atoms with van der Waals surface area (Å²) in [5.41, 5.74) is 0. The summed E-state index contributed by atoms with van der Waals surface area (Å²) < 4.78 is 0. The van der Waals surface area contributed by atoms with E-state index in [1.807, 2.05) is 4.90 Å². The topological polar surface area (TPSA) is 69.6 Å². The third kappa shape index (κ3) is 4.70. The van der Waals surface area contributed by atoms with Gasteiger partial charge in [-0.2, -0.15) is 0 Å². The Balaban J connectivity index is 1.85. The van der Waals surface area contributed by atoms with Crippen molar-refractivity contribution >= 4 is 11.9 Å². The van der Waals surface area contributed by atoms with Gasteiger partial charge in [0.2, 0.25) is 5.91 Å². The summed E-state index contributed by atoms with van der Waals surface area (Å²) in [5, 5.41) is 12.1. The summed E-state index contributed by atoms with van der Waals surface area (Å²) in [6.45, 7) is 4.70. The minimum Gasteiger partial charge on any atom is -0.481 e. The second kappa shape index (κ2) is 7.78. The van der Waals surface area contributed by atoms with Crippen molar-refractivity contribution in [3.8, 4) is 0 Å². The summed E-state index contributed by atoms with van der Waals surface area (Å²) in [6.07, 6.45) is 6.22. The molecule has 0 bridgehead atoms. The SMILES string of the molecule is CCC1CCNC(C(=O)N2CCCC(CCC(=O)O)C2)C1. The van der Waals surface area contributed by atoms with E-state index in [0.717, 1.165) is 45.3 Å². The largest absolute Gasteiger partial charge is 0.481 e. The molecule has 2 aliphatic rings. The molecule has 0 saturated carbocycles. The summed E-state index contributed by atoms with van der Waals surface area (Å²) >= 11 is 0. The van der Waals surface area contributed by atoms with Crippen molar-refractivity contribution in [1.82, 2.24) is 10.2 Å².